The molecule has 1 aliphatic carbocycles. The fourth-order valence-electron chi connectivity index (χ4n) is 3.23. The third kappa shape index (κ3) is 1.65. The summed E-state index contributed by atoms with van der Waals surface area (Å²) in [7, 11) is 0. The van der Waals surface area contributed by atoms with E-state index in [-0.39, 0.29) is 11.9 Å². The highest BCUT2D eigenvalue weighted by molar-refractivity contribution is 6.43. The van der Waals surface area contributed by atoms with Crippen molar-refractivity contribution in [1.82, 2.24) is 4.90 Å². The molecule has 1 spiro atoms. The monoisotopic (exact) mass is 298 g/mol. The van der Waals surface area contributed by atoms with Crippen LogP contribution in [-0.4, -0.2) is 23.9 Å². The second-order valence-electron chi connectivity index (χ2n) is 5.25. The van der Waals surface area contributed by atoms with Crippen molar-refractivity contribution in [3.05, 3.63) is 33.3 Å². The smallest absolute Gasteiger partial charge is 0.233 e. The number of fused-ring (bicyclic) bond motifs is 2. The maximum Gasteiger partial charge on any atom is 0.233 e. The number of carbonyl (C=O) groups is 1. The van der Waals surface area contributed by atoms with Crippen molar-refractivity contribution < 1.29 is 4.79 Å². The van der Waals surface area contributed by atoms with Crippen LogP contribution >= 0.6 is 23.2 Å². The Hall–Kier alpha value is -0.770. The van der Waals surface area contributed by atoms with Gasteiger partial charge in [0, 0.05) is 13.1 Å². The van der Waals surface area contributed by atoms with Gasteiger partial charge in [-0.05, 0) is 37.0 Å². The number of rotatable bonds is 2. The van der Waals surface area contributed by atoms with Gasteiger partial charge in [0.25, 0.3) is 0 Å². The molecule has 2 aliphatic rings. The molecular weight excluding hydrogens is 283 g/mol. The third-order valence-corrected chi connectivity index (χ3v) is 5.13. The Labute approximate surface area is 122 Å². The van der Waals surface area contributed by atoms with E-state index in [0.717, 1.165) is 24.0 Å². The van der Waals surface area contributed by atoms with E-state index < -0.39 is 5.41 Å². The van der Waals surface area contributed by atoms with E-state index >= 15 is 0 Å². The summed E-state index contributed by atoms with van der Waals surface area (Å²) < 4.78 is 0. The van der Waals surface area contributed by atoms with E-state index in [2.05, 4.69) is 0 Å². The first kappa shape index (κ1) is 13.2. The first-order chi connectivity index (χ1) is 9.06. The van der Waals surface area contributed by atoms with Crippen LogP contribution in [-0.2, 0) is 10.2 Å². The number of hydrogen-bond donors (Lipinski definition) is 1. The van der Waals surface area contributed by atoms with Gasteiger partial charge in [0.05, 0.1) is 21.5 Å². The van der Waals surface area contributed by atoms with Crippen molar-refractivity contribution >= 4 is 29.1 Å². The Morgan fingerprint density at radius 1 is 1.42 bits per heavy atom. The summed E-state index contributed by atoms with van der Waals surface area (Å²) >= 11 is 12.5. The fraction of sp³-hybridized carbons (Fsp3) is 0.500. The van der Waals surface area contributed by atoms with Crippen molar-refractivity contribution in [2.75, 3.05) is 13.1 Å². The number of carbonyl (C=O) groups excluding carboxylic acids is 1. The third-order valence-electron chi connectivity index (χ3n) is 4.33. The van der Waals surface area contributed by atoms with Crippen LogP contribution in [0.4, 0.5) is 0 Å². The van der Waals surface area contributed by atoms with Crippen molar-refractivity contribution in [3.63, 3.8) is 0 Å². The molecule has 0 saturated heterocycles. The van der Waals surface area contributed by atoms with Crippen LogP contribution in [0.5, 0.6) is 0 Å². The van der Waals surface area contributed by atoms with Crippen LogP contribution in [0, 0.1) is 0 Å². The number of hydrogen-bond acceptors (Lipinski definition) is 2. The summed E-state index contributed by atoms with van der Waals surface area (Å²) in [5.74, 6) is 0.155. The van der Waals surface area contributed by atoms with Gasteiger partial charge < -0.3 is 10.6 Å². The minimum Gasteiger partial charge on any atom is -0.334 e. The summed E-state index contributed by atoms with van der Waals surface area (Å²) in [6.45, 7) is 3.06. The first-order valence-electron chi connectivity index (χ1n) is 6.56. The Morgan fingerprint density at radius 2 is 2.11 bits per heavy atom. The lowest BCUT2D eigenvalue weighted by atomic mass is 9.82. The van der Waals surface area contributed by atoms with Gasteiger partial charge in [-0.25, -0.2) is 0 Å². The number of halogens is 2. The lowest BCUT2D eigenvalue weighted by Gasteiger charge is -2.41. The highest BCUT2D eigenvalue weighted by Crippen LogP contribution is 2.58. The van der Waals surface area contributed by atoms with Crippen molar-refractivity contribution in [1.29, 1.82) is 0 Å². The minimum atomic E-state index is -0.432. The summed E-state index contributed by atoms with van der Waals surface area (Å²) in [6, 6.07) is 3.68. The van der Waals surface area contributed by atoms with Gasteiger partial charge in [-0.3, -0.25) is 4.79 Å². The van der Waals surface area contributed by atoms with Gasteiger partial charge >= 0.3 is 0 Å². The molecule has 2 N–H and O–H groups in total. The van der Waals surface area contributed by atoms with Gasteiger partial charge in [-0.1, -0.05) is 29.3 Å². The van der Waals surface area contributed by atoms with Gasteiger partial charge in [0.1, 0.15) is 0 Å². The fourth-order valence-corrected chi connectivity index (χ4v) is 3.74. The quantitative estimate of drug-likeness (QED) is 0.912. The molecule has 3 rings (SSSR count). The molecule has 5 heteroatoms. The second kappa shape index (κ2) is 4.37. The standard InChI is InChI=1S/C14H16Cl2N2O/c1-2-18-10(7-17)8-3-4-9(15)12(16)11(8)14(5-6-14)13(18)19/h3-4,10H,2,5-7,17H2,1H3. The number of amides is 1. The average Bonchev–Trinajstić information content (AvgIpc) is 3.19. The van der Waals surface area contributed by atoms with Gasteiger partial charge in [-0.15, -0.1) is 0 Å². The predicted molar refractivity (Wildman–Crippen MR) is 76.6 cm³/mol. The van der Waals surface area contributed by atoms with Crippen LogP contribution in [0.25, 0.3) is 0 Å². The zero-order valence-electron chi connectivity index (χ0n) is 10.7. The Bertz CT molecular complexity index is 555. The van der Waals surface area contributed by atoms with Crippen LogP contribution < -0.4 is 5.73 Å². The molecule has 0 aromatic heterocycles. The molecule has 1 aromatic rings. The molecule has 3 nitrogen and oxygen atoms in total. The lowest BCUT2D eigenvalue weighted by molar-refractivity contribution is -0.137. The van der Waals surface area contributed by atoms with E-state index in [1.807, 2.05) is 17.9 Å². The lowest BCUT2D eigenvalue weighted by Crippen LogP contribution is -2.48. The molecule has 1 saturated carbocycles. The molecule has 1 unspecified atom stereocenters. The molecule has 1 aromatic carbocycles. The van der Waals surface area contributed by atoms with E-state index in [4.69, 9.17) is 28.9 Å². The van der Waals surface area contributed by atoms with Gasteiger partial charge in [0.2, 0.25) is 5.91 Å². The molecular formula is C14H16Cl2N2O. The molecule has 102 valence electrons. The average molecular weight is 299 g/mol. The highest BCUT2D eigenvalue weighted by atomic mass is 35.5. The summed E-state index contributed by atoms with van der Waals surface area (Å²) in [6.07, 6.45) is 1.71. The van der Waals surface area contributed by atoms with Gasteiger partial charge in [-0.2, -0.15) is 0 Å². The summed E-state index contributed by atoms with van der Waals surface area (Å²) in [5.41, 5.74) is 7.43. The molecule has 0 radical (unpaired) electrons. The zero-order valence-corrected chi connectivity index (χ0v) is 12.3. The molecule has 1 heterocycles. The van der Waals surface area contributed by atoms with E-state index in [1.165, 1.54) is 0 Å². The van der Waals surface area contributed by atoms with E-state index in [1.54, 1.807) is 6.07 Å². The van der Waals surface area contributed by atoms with Crippen LogP contribution in [0.2, 0.25) is 10.0 Å². The SMILES string of the molecule is CCN1C(=O)C2(CC2)c2c(ccc(Cl)c2Cl)C1CN. The molecule has 1 fully saturated rings. The van der Waals surface area contributed by atoms with Crippen molar-refractivity contribution in [2.45, 2.75) is 31.2 Å². The van der Waals surface area contributed by atoms with Crippen LogP contribution in [0.3, 0.4) is 0 Å². The zero-order chi connectivity index (χ0) is 13.8. The topological polar surface area (TPSA) is 46.3 Å². The Balaban J connectivity index is 2.26. The van der Waals surface area contributed by atoms with Crippen molar-refractivity contribution in [3.8, 4) is 0 Å². The van der Waals surface area contributed by atoms with Crippen LogP contribution in [0.1, 0.15) is 36.9 Å². The first-order valence-corrected chi connectivity index (χ1v) is 7.32. The van der Waals surface area contributed by atoms with Crippen LogP contribution in [0.15, 0.2) is 12.1 Å². The maximum atomic E-state index is 12.7. The maximum absolute atomic E-state index is 12.7. The van der Waals surface area contributed by atoms with E-state index in [0.29, 0.717) is 23.1 Å². The Morgan fingerprint density at radius 3 is 2.63 bits per heavy atom. The van der Waals surface area contributed by atoms with Crippen molar-refractivity contribution in [2.24, 2.45) is 5.73 Å². The van der Waals surface area contributed by atoms with E-state index in [9.17, 15) is 4.79 Å². The molecule has 1 atom stereocenters. The number of nitrogens with zero attached hydrogens (tertiary/aromatic N) is 1. The summed E-state index contributed by atoms with van der Waals surface area (Å²) in [5, 5.41) is 1.04. The molecule has 0 bridgehead atoms. The normalized spacial score (nSPS) is 23.7. The number of likely N-dealkylation sites (N-methyl/N-ethyl adjacent to an activating group) is 1. The number of nitrogens with two attached hydrogens (primary N) is 1. The predicted octanol–water partition coefficient (Wildman–Crippen LogP) is 2.89. The second-order valence-corrected chi connectivity index (χ2v) is 6.04. The minimum absolute atomic E-state index is 0.0894. The highest BCUT2D eigenvalue weighted by Gasteiger charge is 2.59. The molecule has 19 heavy (non-hydrogen) atoms. The molecule has 1 aliphatic heterocycles. The molecule has 1 amide bonds. The summed E-state index contributed by atoms with van der Waals surface area (Å²) in [4.78, 5) is 14.6. The Kier molecular flexibility index (Phi) is 3.04. The van der Waals surface area contributed by atoms with Gasteiger partial charge in [0.15, 0.2) is 0 Å². The largest absolute Gasteiger partial charge is 0.334 e. The number of benzene rings is 1.